The Bertz CT molecular complexity index is 732. The molecule has 150 valence electrons. The van der Waals surface area contributed by atoms with E-state index in [0.717, 1.165) is 31.2 Å². The van der Waals surface area contributed by atoms with Crippen molar-refractivity contribution in [1.82, 2.24) is 20.9 Å². The van der Waals surface area contributed by atoms with Crippen LogP contribution in [0, 0.1) is 0 Å². The summed E-state index contributed by atoms with van der Waals surface area (Å²) in [6, 6.07) is 8.51. The molecule has 3 N–H and O–H groups in total. The molecule has 1 aromatic carbocycles. The normalized spacial score (nSPS) is 27.9. The largest absolute Gasteiger partial charge is 0.342 e. The van der Waals surface area contributed by atoms with Gasteiger partial charge in [0.05, 0.1) is 6.04 Å². The fourth-order valence-corrected chi connectivity index (χ4v) is 4.61. The molecule has 0 radical (unpaired) electrons. The van der Waals surface area contributed by atoms with E-state index >= 15 is 0 Å². The number of nitrogens with zero attached hydrogens (tertiary/aromatic N) is 1. The minimum absolute atomic E-state index is 0.0644. The smallest absolute Gasteiger partial charge is 0.315 e. The molecule has 2 aliphatic heterocycles. The van der Waals surface area contributed by atoms with E-state index in [0.29, 0.717) is 19.4 Å². The minimum atomic E-state index is -0.541. The van der Waals surface area contributed by atoms with Gasteiger partial charge in [-0.25, -0.2) is 4.79 Å². The minimum Gasteiger partial charge on any atom is -0.342 e. The van der Waals surface area contributed by atoms with Crippen LogP contribution >= 0.6 is 0 Å². The second-order valence-corrected chi connectivity index (χ2v) is 8.14. The molecule has 3 atom stereocenters. The summed E-state index contributed by atoms with van der Waals surface area (Å²) >= 11 is 0. The van der Waals surface area contributed by atoms with Gasteiger partial charge in [-0.1, -0.05) is 49.6 Å². The van der Waals surface area contributed by atoms with Crippen molar-refractivity contribution in [2.45, 2.75) is 69.1 Å². The highest BCUT2D eigenvalue weighted by Crippen LogP contribution is 2.24. The van der Waals surface area contributed by atoms with Crippen molar-refractivity contribution in [1.29, 1.82) is 0 Å². The van der Waals surface area contributed by atoms with Gasteiger partial charge in [0, 0.05) is 19.0 Å². The number of amides is 4. The topological polar surface area (TPSA) is 90.5 Å². The molecule has 0 aromatic heterocycles. The van der Waals surface area contributed by atoms with E-state index < -0.39 is 12.1 Å². The number of piperazine rings is 1. The SMILES string of the molecule is O=C(NC1CCCCC1)NC1CC2C(=O)NC(Cc3ccccc3)C(=O)N2C1. The lowest BCUT2D eigenvalue weighted by Crippen LogP contribution is -2.61. The van der Waals surface area contributed by atoms with Crippen molar-refractivity contribution in [2.75, 3.05) is 6.54 Å². The summed E-state index contributed by atoms with van der Waals surface area (Å²) in [6.45, 7) is 0.389. The van der Waals surface area contributed by atoms with Crippen LogP contribution in [0.25, 0.3) is 0 Å². The zero-order chi connectivity index (χ0) is 19.5. The van der Waals surface area contributed by atoms with E-state index in [2.05, 4.69) is 16.0 Å². The first-order chi connectivity index (χ1) is 13.6. The highest BCUT2D eigenvalue weighted by atomic mass is 16.2. The molecule has 1 saturated carbocycles. The number of urea groups is 1. The number of carbonyl (C=O) groups is 3. The van der Waals surface area contributed by atoms with Gasteiger partial charge in [-0.15, -0.1) is 0 Å². The average Bonchev–Trinajstić information content (AvgIpc) is 3.12. The van der Waals surface area contributed by atoms with Crippen LogP contribution in [0.2, 0.25) is 0 Å². The second-order valence-electron chi connectivity index (χ2n) is 8.14. The Morgan fingerprint density at radius 3 is 2.50 bits per heavy atom. The molecule has 3 fully saturated rings. The standard InChI is InChI=1S/C21H28N4O3/c26-19-18-12-16(23-21(28)22-15-9-5-2-6-10-15)13-25(18)20(27)17(24-19)11-14-7-3-1-4-8-14/h1,3-4,7-8,15-18H,2,5-6,9-13H2,(H,24,26)(H2,22,23,28). The third-order valence-corrected chi connectivity index (χ3v) is 6.06. The Kier molecular flexibility index (Phi) is 5.50. The van der Waals surface area contributed by atoms with Gasteiger partial charge in [0.2, 0.25) is 11.8 Å². The summed E-state index contributed by atoms with van der Waals surface area (Å²) < 4.78 is 0. The first-order valence-corrected chi connectivity index (χ1v) is 10.3. The number of rotatable bonds is 4. The van der Waals surface area contributed by atoms with Crippen LogP contribution in [0.15, 0.2) is 30.3 Å². The Hall–Kier alpha value is -2.57. The fourth-order valence-electron chi connectivity index (χ4n) is 4.61. The maximum atomic E-state index is 12.9. The Labute approximate surface area is 165 Å². The quantitative estimate of drug-likeness (QED) is 0.731. The molecule has 1 aliphatic carbocycles. The maximum Gasteiger partial charge on any atom is 0.315 e. The van der Waals surface area contributed by atoms with Crippen LogP contribution in [0.4, 0.5) is 4.79 Å². The van der Waals surface area contributed by atoms with E-state index in [4.69, 9.17) is 0 Å². The number of hydrogen-bond acceptors (Lipinski definition) is 3. The number of hydrogen-bond donors (Lipinski definition) is 3. The number of fused-ring (bicyclic) bond motifs is 1. The van der Waals surface area contributed by atoms with E-state index in [9.17, 15) is 14.4 Å². The average molecular weight is 384 g/mol. The van der Waals surface area contributed by atoms with Crippen molar-refractivity contribution < 1.29 is 14.4 Å². The van der Waals surface area contributed by atoms with Gasteiger partial charge >= 0.3 is 6.03 Å². The van der Waals surface area contributed by atoms with E-state index in [-0.39, 0.29) is 29.9 Å². The number of nitrogens with one attached hydrogen (secondary N) is 3. The Morgan fingerprint density at radius 2 is 1.75 bits per heavy atom. The summed E-state index contributed by atoms with van der Waals surface area (Å²) in [4.78, 5) is 39.4. The predicted octanol–water partition coefficient (Wildman–Crippen LogP) is 1.33. The van der Waals surface area contributed by atoms with E-state index in [1.165, 1.54) is 6.42 Å². The maximum absolute atomic E-state index is 12.9. The Balaban J connectivity index is 1.34. The number of benzene rings is 1. The molecular formula is C21H28N4O3. The van der Waals surface area contributed by atoms with Gasteiger partial charge in [0.15, 0.2) is 0 Å². The molecule has 0 bridgehead atoms. The third kappa shape index (κ3) is 4.13. The zero-order valence-electron chi connectivity index (χ0n) is 16.0. The van der Waals surface area contributed by atoms with Crippen LogP contribution in [0.3, 0.4) is 0 Å². The monoisotopic (exact) mass is 384 g/mol. The fraction of sp³-hybridized carbons (Fsp3) is 0.571. The molecular weight excluding hydrogens is 356 g/mol. The summed E-state index contributed by atoms with van der Waals surface area (Å²) in [5, 5.41) is 8.87. The first kappa shape index (κ1) is 18.8. The van der Waals surface area contributed by atoms with Crippen LogP contribution in [0.1, 0.15) is 44.1 Å². The van der Waals surface area contributed by atoms with Crippen molar-refractivity contribution in [3.63, 3.8) is 0 Å². The zero-order valence-corrected chi connectivity index (χ0v) is 16.0. The molecule has 4 amide bonds. The van der Waals surface area contributed by atoms with Crippen LogP contribution in [-0.4, -0.2) is 53.5 Å². The first-order valence-electron chi connectivity index (χ1n) is 10.3. The molecule has 0 spiro atoms. The second kappa shape index (κ2) is 8.20. The van der Waals surface area contributed by atoms with Gasteiger partial charge in [-0.05, 0) is 24.8 Å². The summed E-state index contributed by atoms with van der Waals surface area (Å²) in [5.41, 5.74) is 1.01. The van der Waals surface area contributed by atoms with Gasteiger partial charge in [-0.2, -0.15) is 0 Å². The van der Waals surface area contributed by atoms with Gasteiger partial charge in [-0.3, -0.25) is 9.59 Å². The lowest BCUT2D eigenvalue weighted by molar-refractivity contribution is -0.147. The third-order valence-electron chi connectivity index (χ3n) is 6.06. The molecule has 3 unspecified atom stereocenters. The summed E-state index contributed by atoms with van der Waals surface area (Å²) in [5.74, 6) is -0.192. The summed E-state index contributed by atoms with van der Waals surface area (Å²) in [7, 11) is 0. The van der Waals surface area contributed by atoms with Crippen molar-refractivity contribution in [3.05, 3.63) is 35.9 Å². The van der Waals surface area contributed by atoms with Crippen molar-refractivity contribution in [3.8, 4) is 0 Å². The predicted molar refractivity (Wildman–Crippen MR) is 105 cm³/mol. The highest BCUT2D eigenvalue weighted by Gasteiger charge is 2.46. The lowest BCUT2D eigenvalue weighted by atomic mass is 9.96. The van der Waals surface area contributed by atoms with Crippen molar-refractivity contribution in [2.24, 2.45) is 0 Å². The van der Waals surface area contributed by atoms with Crippen molar-refractivity contribution >= 4 is 17.8 Å². The molecule has 1 aromatic rings. The molecule has 7 heteroatoms. The molecule has 4 rings (SSSR count). The molecule has 2 heterocycles. The molecule has 7 nitrogen and oxygen atoms in total. The number of carbonyl (C=O) groups excluding carboxylic acids is 3. The van der Waals surface area contributed by atoms with Crippen LogP contribution in [-0.2, 0) is 16.0 Å². The van der Waals surface area contributed by atoms with Gasteiger partial charge < -0.3 is 20.9 Å². The molecule has 2 saturated heterocycles. The van der Waals surface area contributed by atoms with Crippen LogP contribution < -0.4 is 16.0 Å². The Morgan fingerprint density at radius 1 is 1.04 bits per heavy atom. The van der Waals surface area contributed by atoms with E-state index in [1.54, 1.807) is 4.90 Å². The van der Waals surface area contributed by atoms with Crippen LogP contribution in [0.5, 0.6) is 0 Å². The highest BCUT2D eigenvalue weighted by molar-refractivity contribution is 5.97. The lowest BCUT2D eigenvalue weighted by Gasteiger charge is -2.34. The van der Waals surface area contributed by atoms with Gasteiger partial charge in [0.25, 0.3) is 0 Å². The van der Waals surface area contributed by atoms with E-state index in [1.807, 2.05) is 30.3 Å². The van der Waals surface area contributed by atoms with Gasteiger partial charge in [0.1, 0.15) is 12.1 Å². The summed E-state index contributed by atoms with van der Waals surface area (Å²) in [6.07, 6.45) is 6.54. The molecule has 3 aliphatic rings. The molecule has 28 heavy (non-hydrogen) atoms.